The van der Waals surface area contributed by atoms with E-state index in [-0.39, 0.29) is 62.9 Å². The molecule has 4 aromatic heterocycles. The second-order valence-corrected chi connectivity index (χ2v) is 20.8. The van der Waals surface area contributed by atoms with E-state index in [0.717, 1.165) is 5.69 Å². The number of aliphatic hydroxyl groups is 3. The molecule has 19 nitrogen and oxygen atoms in total. The molecule has 1 saturated heterocycles. The summed E-state index contributed by atoms with van der Waals surface area (Å²) < 4.78 is 37.5. The number of carboxylic acids is 1. The van der Waals surface area contributed by atoms with Crippen LogP contribution in [-0.4, -0.2) is 97.7 Å². The van der Waals surface area contributed by atoms with Crippen molar-refractivity contribution in [2.45, 2.75) is 123 Å². The van der Waals surface area contributed by atoms with Crippen molar-refractivity contribution in [1.82, 2.24) is 29.1 Å². The van der Waals surface area contributed by atoms with E-state index in [1.807, 2.05) is 61.1 Å². The number of ether oxygens (including phenoxy) is 1. The Morgan fingerprint density at radius 2 is 1.11 bits per heavy atom. The quantitative estimate of drug-likeness (QED) is 0.0329. The number of esters is 1. The number of rotatable bonds is 20. The van der Waals surface area contributed by atoms with Crippen LogP contribution in [0.2, 0.25) is 0 Å². The van der Waals surface area contributed by atoms with Gasteiger partial charge >= 0.3 is 11.9 Å². The zero-order valence-corrected chi connectivity index (χ0v) is 46.2. The molecule has 84 heavy (non-hydrogen) atoms. The number of halogens is 2. The number of nitrogen functional groups attached to an aromatic ring is 2. The predicted octanol–water partition coefficient (Wildman–Crippen LogP) is 10.5. The summed E-state index contributed by atoms with van der Waals surface area (Å²) in [5, 5.41) is 45.9. The van der Waals surface area contributed by atoms with Gasteiger partial charge in [-0.1, -0.05) is 71.5 Å². The minimum Gasteiger partial charge on any atom is -0.481 e. The monoisotopic (exact) mass is 1150 g/mol. The number of hydrogen-bond donors (Lipinski definition) is 8. The molecule has 4 aromatic carbocycles. The summed E-state index contributed by atoms with van der Waals surface area (Å²) in [4.78, 5) is 68.1. The highest BCUT2D eigenvalue weighted by molar-refractivity contribution is 6.13. The summed E-state index contributed by atoms with van der Waals surface area (Å²) in [5.41, 5.74) is 19.6. The number of hydrogen-bond acceptors (Lipinski definition) is 14. The minimum atomic E-state index is -1.21. The molecule has 440 valence electrons. The maximum atomic E-state index is 14.1. The Labute approximate surface area is 485 Å². The molecule has 0 spiro atoms. The number of nitrogens with two attached hydrogens (primary N) is 2. The van der Waals surface area contributed by atoms with E-state index in [1.54, 1.807) is 72.8 Å². The van der Waals surface area contributed by atoms with Gasteiger partial charge in [0.1, 0.15) is 17.7 Å². The highest BCUT2D eigenvalue weighted by atomic mass is 19.1. The van der Waals surface area contributed by atoms with Gasteiger partial charge in [-0.25, -0.2) is 28.7 Å². The molecular weight excluding hydrogens is 1080 g/mol. The number of para-hydroxylation sites is 2. The fourth-order valence-corrected chi connectivity index (χ4v) is 10.5. The van der Waals surface area contributed by atoms with E-state index in [9.17, 15) is 43.3 Å². The third-order valence-electron chi connectivity index (χ3n) is 13.9. The number of benzene rings is 4. The van der Waals surface area contributed by atoms with Gasteiger partial charge in [-0.15, -0.1) is 0 Å². The molecule has 0 bridgehead atoms. The molecule has 10 N–H and O–H groups in total. The van der Waals surface area contributed by atoms with Gasteiger partial charge < -0.3 is 56.4 Å². The fourth-order valence-electron chi connectivity index (χ4n) is 10.5. The lowest BCUT2D eigenvalue weighted by atomic mass is 9.97. The minimum absolute atomic E-state index is 0. The maximum absolute atomic E-state index is 14.1. The van der Waals surface area contributed by atoms with Crippen molar-refractivity contribution in [3.63, 3.8) is 0 Å². The average Bonchev–Trinajstić information content (AvgIpc) is 3.93. The number of aliphatic carboxylic acids is 1. The number of nitrogens with zero attached hydrogens (tertiary/aromatic N) is 6. The van der Waals surface area contributed by atoms with Crippen LogP contribution in [0, 0.1) is 11.6 Å². The van der Waals surface area contributed by atoms with E-state index < -0.39 is 60.3 Å². The second-order valence-electron chi connectivity index (χ2n) is 20.8. The van der Waals surface area contributed by atoms with E-state index in [0.29, 0.717) is 92.6 Å². The standard InChI is InChI=1S/C31H34FN5O5.C31H32FN5O4.CH4/c1-18(2)28-27(30(42)35-21-6-4-3-5-7-21)26(24-12-14-34-31(33)36-24)29(19-8-10-20(32)11-9-19)37(28)15-13-22(38)16-23(39)17-25(40)41;1-18(2)28-27(30(40)35-21-6-4-3-5-7-21)26(24-12-14-34-31(33)36-24)29(19-8-10-20(32)11-9-19)37(28)15-13-23-16-22(38)17-25(39)41-23;/h3-12,14,18,22-23,38-39H,13,15-17H2,1-2H3,(H,35,42)(H,40,41)(H2,33,34,36);3-12,14,18,22-23,38H,13,15-17H2,1-2H3,(H,35,40)(H2,33,34,36);1H4/t2*22-,23-;/m11./s1. The van der Waals surface area contributed by atoms with Crippen LogP contribution in [0.15, 0.2) is 134 Å². The summed E-state index contributed by atoms with van der Waals surface area (Å²) in [5.74, 6) is -3.43. The van der Waals surface area contributed by atoms with E-state index in [1.165, 1.54) is 36.7 Å². The van der Waals surface area contributed by atoms with Crippen molar-refractivity contribution < 1.29 is 53.1 Å². The first kappa shape index (κ1) is 62.4. The second kappa shape index (κ2) is 28.2. The Hall–Kier alpha value is -9.18. The molecule has 0 saturated carbocycles. The van der Waals surface area contributed by atoms with Crippen molar-refractivity contribution in [2.24, 2.45) is 0 Å². The number of aromatic nitrogens is 6. The third-order valence-corrected chi connectivity index (χ3v) is 13.9. The molecule has 4 atom stereocenters. The predicted molar refractivity (Wildman–Crippen MR) is 317 cm³/mol. The first-order valence-corrected chi connectivity index (χ1v) is 27.2. The summed E-state index contributed by atoms with van der Waals surface area (Å²) >= 11 is 0. The van der Waals surface area contributed by atoms with Crippen LogP contribution in [-0.2, 0) is 27.4 Å². The molecule has 21 heteroatoms. The van der Waals surface area contributed by atoms with Crippen molar-refractivity contribution in [3.05, 3.63) is 168 Å². The summed E-state index contributed by atoms with van der Waals surface area (Å²) in [6, 6.07) is 33.3. The molecule has 9 rings (SSSR count). The molecule has 5 heterocycles. The van der Waals surface area contributed by atoms with Gasteiger partial charge in [0.15, 0.2) is 0 Å². The van der Waals surface area contributed by atoms with Crippen LogP contribution in [0.5, 0.6) is 0 Å². The van der Waals surface area contributed by atoms with Crippen LogP contribution < -0.4 is 22.1 Å². The molecule has 1 aliphatic rings. The first-order valence-electron chi connectivity index (χ1n) is 27.2. The smallest absolute Gasteiger partial charge is 0.308 e. The van der Waals surface area contributed by atoms with E-state index >= 15 is 0 Å². The Bertz CT molecular complexity index is 3560. The van der Waals surface area contributed by atoms with Crippen LogP contribution >= 0.6 is 0 Å². The fraction of sp³-hybridized carbons (Fsp3) is 0.302. The number of carboxylic acid groups (broad SMARTS) is 1. The molecule has 0 unspecified atom stereocenters. The molecule has 1 fully saturated rings. The van der Waals surface area contributed by atoms with Crippen LogP contribution in [0.1, 0.15) is 118 Å². The number of carbonyl (C=O) groups excluding carboxylic acids is 3. The molecule has 0 aliphatic carbocycles. The lowest BCUT2D eigenvalue weighted by Gasteiger charge is -2.27. The Morgan fingerprint density at radius 1 is 0.667 bits per heavy atom. The Morgan fingerprint density at radius 3 is 1.51 bits per heavy atom. The lowest BCUT2D eigenvalue weighted by molar-refractivity contribution is -0.160. The lowest BCUT2D eigenvalue weighted by Crippen LogP contribution is -2.33. The highest BCUT2D eigenvalue weighted by Crippen LogP contribution is 2.44. The van der Waals surface area contributed by atoms with Crippen LogP contribution in [0.25, 0.3) is 45.0 Å². The van der Waals surface area contributed by atoms with Gasteiger partial charge in [-0.3, -0.25) is 19.2 Å². The number of anilines is 4. The van der Waals surface area contributed by atoms with Gasteiger partial charge in [0.25, 0.3) is 11.8 Å². The maximum Gasteiger partial charge on any atom is 0.308 e. The topological polar surface area (TPSA) is 296 Å². The molecule has 1 aliphatic heterocycles. The normalized spacial score (nSPS) is 14.6. The van der Waals surface area contributed by atoms with Crippen molar-refractivity contribution in [1.29, 1.82) is 0 Å². The van der Waals surface area contributed by atoms with Gasteiger partial charge in [-0.05, 0) is 121 Å². The first-order chi connectivity index (χ1) is 39.8. The van der Waals surface area contributed by atoms with Gasteiger partial charge in [0.2, 0.25) is 11.9 Å². The van der Waals surface area contributed by atoms with Crippen molar-refractivity contribution >= 4 is 47.0 Å². The Kier molecular flexibility index (Phi) is 21.0. The summed E-state index contributed by atoms with van der Waals surface area (Å²) in [6.45, 7) is 8.41. The Balaban J connectivity index is 0.000000238. The number of nitrogens with one attached hydrogen (secondary N) is 2. The number of cyclic esters (lactones) is 1. The number of aliphatic hydroxyl groups excluding tert-OH is 3. The highest BCUT2D eigenvalue weighted by Gasteiger charge is 2.35. The molecule has 0 radical (unpaired) electrons. The molecular formula is C63H70F2N10O9. The van der Waals surface area contributed by atoms with Crippen molar-refractivity contribution in [2.75, 3.05) is 22.1 Å². The van der Waals surface area contributed by atoms with E-state index in [2.05, 4.69) is 30.6 Å². The van der Waals surface area contributed by atoms with Gasteiger partial charge in [-0.2, -0.15) is 0 Å². The van der Waals surface area contributed by atoms with Gasteiger partial charge in [0.05, 0.1) is 65.1 Å². The van der Waals surface area contributed by atoms with Gasteiger partial charge in [0, 0.05) is 72.2 Å². The third kappa shape index (κ3) is 15.3. The SMILES string of the molecule is C.CC(C)c1c(C(=O)Nc2ccccc2)c(-c2ccnc(N)n2)c(-c2ccc(F)cc2)n1CC[C@@H](O)C[C@@H](O)CC(=O)O.CC(C)c1c(C(=O)Nc2ccccc2)c(-c2ccnc(N)n2)c(-c2ccc(F)cc2)n1CC[C@@H]1C[C@@H](O)CC(=O)O1. The van der Waals surface area contributed by atoms with Crippen LogP contribution in [0.3, 0.4) is 0 Å². The van der Waals surface area contributed by atoms with Crippen LogP contribution in [0.4, 0.5) is 32.1 Å². The molecule has 8 aromatic rings. The number of carbonyl (C=O) groups is 4. The number of amides is 2. The zero-order valence-electron chi connectivity index (χ0n) is 46.2. The van der Waals surface area contributed by atoms with E-state index in [4.69, 9.17) is 21.3 Å². The average molecular weight is 1150 g/mol. The van der Waals surface area contributed by atoms with Crippen molar-refractivity contribution in [3.8, 4) is 45.0 Å². The zero-order chi connectivity index (χ0) is 59.5. The summed E-state index contributed by atoms with van der Waals surface area (Å²) in [7, 11) is 0. The summed E-state index contributed by atoms with van der Waals surface area (Å²) in [6.07, 6.45) is -0.250. The largest absolute Gasteiger partial charge is 0.481 e. The molecule has 2 amide bonds.